The van der Waals surface area contributed by atoms with E-state index < -0.39 is 78.8 Å². The van der Waals surface area contributed by atoms with E-state index in [1.807, 2.05) is 0 Å². The van der Waals surface area contributed by atoms with Crippen molar-refractivity contribution in [3.05, 3.63) is 0 Å². The van der Waals surface area contributed by atoms with Crippen LogP contribution in [0.5, 0.6) is 0 Å². The third kappa shape index (κ3) is 20.1. The molecule has 20 nitrogen and oxygen atoms in total. The first-order valence-electron chi connectivity index (χ1n) is 12.7. The largest absolute Gasteiger partial charge is 0.368 e. The van der Waals surface area contributed by atoms with Gasteiger partial charge in [0.25, 0.3) is 0 Å². The predicted molar refractivity (Wildman–Crippen MR) is 144 cm³/mol. The van der Waals surface area contributed by atoms with E-state index in [9.17, 15) is 43.2 Å². The monoisotopic (exact) mass is 601 g/mol. The van der Waals surface area contributed by atoms with E-state index in [0.29, 0.717) is 12.8 Å². The fourth-order valence-electron chi connectivity index (χ4n) is 2.76. The van der Waals surface area contributed by atoms with Crippen LogP contribution in [0.15, 0.2) is 0 Å². The van der Waals surface area contributed by atoms with Crippen LogP contribution in [0.25, 0.3) is 0 Å². The number of hydrogen-bond donors (Lipinski definition) is 11. The van der Waals surface area contributed by atoms with Crippen molar-refractivity contribution in [2.75, 3.05) is 58.9 Å². The fraction of sp³-hybridized carbons (Fsp3) is 0.591. The Kier molecular flexibility index (Phi) is 19.4. The van der Waals surface area contributed by atoms with E-state index in [0.717, 1.165) is 0 Å². The van der Waals surface area contributed by atoms with Gasteiger partial charge in [-0.3, -0.25) is 43.2 Å². The molecule has 9 amide bonds. The number of amides is 9. The van der Waals surface area contributed by atoms with Crippen LogP contribution in [0.3, 0.4) is 0 Å². The van der Waals surface area contributed by atoms with Crippen molar-refractivity contribution in [1.29, 1.82) is 0 Å². The van der Waals surface area contributed by atoms with Crippen LogP contribution in [0, 0.1) is 0 Å². The molecule has 0 saturated heterocycles. The number of rotatable bonds is 21. The van der Waals surface area contributed by atoms with E-state index in [1.54, 1.807) is 0 Å². The zero-order valence-electron chi connectivity index (χ0n) is 23.0. The maximum Gasteiger partial charge on any atom is 0.240 e. The molecule has 0 rings (SSSR count). The Hall–Kier alpha value is -4.85. The summed E-state index contributed by atoms with van der Waals surface area (Å²) in [7, 11) is 0. The van der Waals surface area contributed by atoms with Gasteiger partial charge in [0.2, 0.25) is 53.2 Å². The summed E-state index contributed by atoms with van der Waals surface area (Å²) in [5.74, 6) is -5.65. The molecule has 0 bridgehead atoms. The molecule has 0 saturated carbocycles. The molecule has 42 heavy (non-hydrogen) atoms. The lowest BCUT2D eigenvalue weighted by Gasteiger charge is -2.16. The van der Waals surface area contributed by atoms with Crippen LogP contribution < -0.4 is 59.7 Å². The molecule has 0 aliphatic heterocycles. The molecule has 0 fully saturated rings. The summed E-state index contributed by atoms with van der Waals surface area (Å²) in [4.78, 5) is 104. The molecule has 0 heterocycles. The SMILES string of the molecule is NCC(=O)NCC(=O)NCC(=O)NCC(=O)NCCCC[C@@H](NC(=O)CNC(=O)CNC(=O)CNC(=O)CN)C(N)=O. The highest BCUT2D eigenvalue weighted by atomic mass is 16.2. The van der Waals surface area contributed by atoms with Crippen molar-refractivity contribution in [1.82, 2.24) is 42.5 Å². The number of nitrogens with two attached hydrogens (primary N) is 3. The molecule has 0 aromatic heterocycles. The quantitative estimate of drug-likeness (QED) is 0.0549. The van der Waals surface area contributed by atoms with Gasteiger partial charge in [0.05, 0.1) is 52.4 Å². The molecule has 0 aliphatic carbocycles. The summed E-state index contributed by atoms with van der Waals surface area (Å²) >= 11 is 0. The number of primary amides is 1. The first-order chi connectivity index (χ1) is 19.9. The molecule has 0 unspecified atom stereocenters. The van der Waals surface area contributed by atoms with Crippen molar-refractivity contribution in [2.45, 2.75) is 25.3 Å². The normalized spacial score (nSPS) is 10.7. The highest BCUT2D eigenvalue weighted by Gasteiger charge is 2.18. The van der Waals surface area contributed by atoms with Crippen LogP contribution in [0.2, 0.25) is 0 Å². The maximum atomic E-state index is 12.1. The van der Waals surface area contributed by atoms with Crippen LogP contribution in [-0.4, -0.2) is 118 Å². The van der Waals surface area contributed by atoms with Crippen molar-refractivity contribution in [3.8, 4) is 0 Å². The van der Waals surface area contributed by atoms with E-state index in [-0.39, 0.29) is 45.7 Å². The van der Waals surface area contributed by atoms with E-state index >= 15 is 0 Å². The second-order valence-corrected chi connectivity index (χ2v) is 8.44. The minimum atomic E-state index is -1.03. The molecule has 236 valence electrons. The smallest absolute Gasteiger partial charge is 0.240 e. The molecule has 0 spiro atoms. The minimum absolute atomic E-state index is 0.150. The van der Waals surface area contributed by atoms with Crippen molar-refractivity contribution in [2.24, 2.45) is 17.2 Å². The van der Waals surface area contributed by atoms with E-state index in [4.69, 9.17) is 17.2 Å². The Labute approximate surface area is 240 Å². The van der Waals surface area contributed by atoms with Gasteiger partial charge in [-0.2, -0.15) is 0 Å². The Morgan fingerprint density at radius 2 is 0.786 bits per heavy atom. The number of carbonyl (C=O) groups is 9. The standard InChI is InChI=1S/C22H39N11O9/c23-5-14(34)27-8-17(37)30-10-19(39)29-7-16(36)26-4-2-1-3-13(22(25)42)33-21(41)12-32-20(40)11-31-18(38)9-28-15(35)6-24/h13H,1-12,23-24H2,(H2,25,42)(H,26,36)(H,27,34)(H,28,35)(H,29,39)(H,30,37)(H,31,38)(H,32,40)(H,33,41)/t13-/m1/s1. The number of unbranched alkanes of at least 4 members (excludes halogenated alkanes) is 1. The minimum Gasteiger partial charge on any atom is -0.368 e. The molecule has 0 aromatic rings. The topological polar surface area (TPSA) is 328 Å². The lowest BCUT2D eigenvalue weighted by molar-refractivity contribution is -0.129. The molecular weight excluding hydrogens is 562 g/mol. The van der Waals surface area contributed by atoms with Gasteiger partial charge in [-0.25, -0.2) is 0 Å². The van der Waals surface area contributed by atoms with Gasteiger partial charge in [-0.1, -0.05) is 0 Å². The highest BCUT2D eigenvalue weighted by Crippen LogP contribution is 2.00. The average Bonchev–Trinajstić information content (AvgIpc) is 2.96. The third-order valence-corrected chi connectivity index (χ3v) is 4.97. The summed E-state index contributed by atoms with van der Waals surface area (Å²) in [5.41, 5.74) is 15.5. The summed E-state index contributed by atoms with van der Waals surface area (Å²) < 4.78 is 0. The van der Waals surface area contributed by atoms with Gasteiger partial charge in [-0.05, 0) is 19.3 Å². The molecule has 1 atom stereocenters. The Morgan fingerprint density at radius 3 is 1.14 bits per heavy atom. The Balaban J connectivity index is 4.10. The van der Waals surface area contributed by atoms with Gasteiger partial charge in [0, 0.05) is 6.54 Å². The van der Waals surface area contributed by atoms with Crippen LogP contribution in [0.4, 0.5) is 0 Å². The third-order valence-electron chi connectivity index (χ3n) is 4.97. The molecule has 0 radical (unpaired) electrons. The zero-order valence-corrected chi connectivity index (χ0v) is 23.0. The van der Waals surface area contributed by atoms with Crippen molar-refractivity contribution < 1.29 is 43.2 Å². The molecule has 14 N–H and O–H groups in total. The summed E-state index contributed by atoms with van der Waals surface area (Å²) in [6, 6.07) is -1.03. The lowest BCUT2D eigenvalue weighted by Crippen LogP contribution is -2.49. The highest BCUT2D eigenvalue weighted by molar-refractivity contribution is 5.92. The lowest BCUT2D eigenvalue weighted by atomic mass is 10.1. The van der Waals surface area contributed by atoms with Crippen LogP contribution in [-0.2, 0) is 43.2 Å². The average molecular weight is 602 g/mol. The van der Waals surface area contributed by atoms with Crippen LogP contribution >= 0.6 is 0 Å². The summed E-state index contributed by atoms with van der Waals surface area (Å²) in [5, 5.41) is 18.4. The first-order valence-corrected chi connectivity index (χ1v) is 12.7. The second kappa shape index (κ2) is 21.9. The van der Waals surface area contributed by atoms with Crippen molar-refractivity contribution in [3.63, 3.8) is 0 Å². The zero-order chi connectivity index (χ0) is 31.9. The second-order valence-electron chi connectivity index (χ2n) is 8.44. The van der Waals surface area contributed by atoms with Gasteiger partial charge in [-0.15, -0.1) is 0 Å². The maximum absolute atomic E-state index is 12.1. The fourth-order valence-corrected chi connectivity index (χ4v) is 2.76. The van der Waals surface area contributed by atoms with Gasteiger partial charge in [0.15, 0.2) is 0 Å². The molecular formula is C22H39N11O9. The predicted octanol–water partition coefficient (Wildman–Crippen LogP) is -8.14. The Bertz CT molecular complexity index is 991. The van der Waals surface area contributed by atoms with Crippen LogP contribution in [0.1, 0.15) is 19.3 Å². The van der Waals surface area contributed by atoms with Crippen molar-refractivity contribution >= 4 is 53.2 Å². The van der Waals surface area contributed by atoms with Gasteiger partial charge < -0.3 is 59.7 Å². The Morgan fingerprint density at radius 1 is 0.452 bits per heavy atom. The summed E-state index contributed by atoms with van der Waals surface area (Å²) in [6.07, 6.45) is 0.941. The molecule has 0 aromatic carbocycles. The number of nitrogens with one attached hydrogen (secondary N) is 8. The van der Waals surface area contributed by atoms with E-state index in [1.165, 1.54) is 0 Å². The number of carbonyl (C=O) groups excluding carboxylic acids is 9. The van der Waals surface area contributed by atoms with Gasteiger partial charge >= 0.3 is 0 Å². The first kappa shape index (κ1) is 37.1. The summed E-state index contributed by atoms with van der Waals surface area (Å²) in [6.45, 7) is -2.78. The number of hydrogen-bond acceptors (Lipinski definition) is 11. The van der Waals surface area contributed by atoms with Gasteiger partial charge in [0.1, 0.15) is 6.04 Å². The molecule has 0 aliphatic rings. The molecule has 20 heteroatoms. The van der Waals surface area contributed by atoms with E-state index in [2.05, 4.69) is 42.5 Å².